The monoisotopic (exact) mass is 248 g/mol. The molecule has 2 nitrogen and oxygen atoms in total. The zero-order valence-electron chi connectivity index (χ0n) is 10.2. The lowest BCUT2D eigenvalue weighted by Gasteiger charge is -2.24. The van der Waals surface area contributed by atoms with Gasteiger partial charge in [0.05, 0.1) is 0 Å². The van der Waals surface area contributed by atoms with Gasteiger partial charge in [0.25, 0.3) is 0 Å². The van der Waals surface area contributed by atoms with E-state index in [1.165, 1.54) is 38.5 Å². The minimum absolute atomic E-state index is 0.441. The third kappa shape index (κ3) is 2.65. The van der Waals surface area contributed by atoms with Crippen LogP contribution < -0.4 is 0 Å². The van der Waals surface area contributed by atoms with E-state index >= 15 is 0 Å². The molecule has 3 heteroatoms. The molecule has 92 valence electrons. The van der Waals surface area contributed by atoms with E-state index in [1.807, 2.05) is 11.8 Å². The summed E-state index contributed by atoms with van der Waals surface area (Å²) < 4.78 is 0. The van der Waals surface area contributed by atoms with Crippen molar-refractivity contribution in [2.75, 3.05) is 0 Å². The number of allylic oxidation sites excluding steroid dienone is 4. The van der Waals surface area contributed by atoms with Crippen LogP contribution in [0.5, 0.6) is 0 Å². The van der Waals surface area contributed by atoms with Gasteiger partial charge in [0.2, 0.25) is 0 Å². The van der Waals surface area contributed by atoms with Gasteiger partial charge in [0.15, 0.2) is 0 Å². The molecule has 0 aromatic rings. The van der Waals surface area contributed by atoms with Crippen molar-refractivity contribution in [1.29, 1.82) is 0 Å². The minimum atomic E-state index is 0.441. The highest BCUT2D eigenvalue weighted by atomic mass is 32.2. The molecule has 0 saturated heterocycles. The first kappa shape index (κ1) is 11.5. The van der Waals surface area contributed by atoms with Crippen molar-refractivity contribution in [2.24, 2.45) is 22.1 Å². The molecule has 0 N–H and O–H groups in total. The lowest BCUT2D eigenvalue weighted by atomic mass is 9.94. The van der Waals surface area contributed by atoms with Crippen molar-refractivity contribution in [3.05, 3.63) is 24.3 Å². The van der Waals surface area contributed by atoms with Crippen LogP contribution in [0.1, 0.15) is 38.5 Å². The molecule has 0 radical (unpaired) electrons. The van der Waals surface area contributed by atoms with Crippen LogP contribution in [0.4, 0.5) is 0 Å². The standard InChI is InChI=1S/C14H20N2S/c1-3-7-11(8-4-1)13-15-16-14(17-13)12-9-5-2-6-10-12/h1-3,5,11-14H,4,6-10H2/t11?,12?,13-,14-/m1/s1. The van der Waals surface area contributed by atoms with E-state index in [2.05, 4.69) is 34.5 Å². The quantitative estimate of drug-likeness (QED) is 0.658. The Bertz CT molecular complexity index is 316. The third-order valence-corrected chi connectivity index (χ3v) is 5.51. The maximum atomic E-state index is 4.55. The SMILES string of the molecule is C1=CCC([C@@H]2N=N[C@@H](C3CC=CCC3)S2)CC1. The molecule has 0 bridgehead atoms. The lowest BCUT2D eigenvalue weighted by Crippen LogP contribution is -2.19. The molecule has 0 amide bonds. The van der Waals surface area contributed by atoms with Crippen molar-refractivity contribution in [3.63, 3.8) is 0 Å². The van der Waals surface area contributed by atoms with Gasteiger partial charge < -0.3 is 0 Å². The number of hydrogen-bond acceptors (Lipinski definition) is 3. The Balaban J connectivity index is 1.56. The average Bonchev–Trinajstić information content (AvgIpc) is 2.90. The van der Waals surface area contributed by atoms with Crippen LogP contribution in [0.2, 0.25) is 0 Å². The molecule has 4 atom stereocenters. The summed E-state index contributed by atoms with van der Waals surface area (Å²) in [7, 11) is 0. The van der Waals surface area contributed by atoms with Crippen LogP contribution in [-0.4, -0.2) is 10.7 Å². The minimum Gasteiger partial charge on any atom is -0.178 e. The second-order valence-electron chi connectivity index (χ2n) is 5.24. The molecule has 0 saturated carbocycles. The summed E-state index contributed by atoms with van der Waals surface area (Å²) in [6.07, 6.45) is 16.7. The molecule has 1 heterocycles. The normalized spacial score (nSPS) is 40.9. The molecule has 17 heavy (non-hydrogen) atoms. The summed E-state index contributed by atoms with van der Waals surface area (Å²) in [5, 5.41) is 9.97. The summed E-state index contributed by atoms with van der Waals surface area (Å²) in [5.41, 5.74) is 0. The summed E-state index contributed by atoms with van der Waals surface area (Å²) in [5.74, 6) is 1.47. The second-order valence-corrected chi connectivity index (χ2v) is 6.48. The van der Waals surface area contributed by atoms with E-state index in [9.17, 15) is 0 Å². The largest absolute Gasteiger partial charge is 0.178 e. The van der Waals surface area contributed by atoms with Crippen LogP contribution in [0.15, 0.2) is 34.5 Å². The summed E-state index contributed by atoms with van der Waals surface area (Å²) in [6, 6.07) is 0. The smallest absolute Gasteiger partial charge is 0.121 e. The molecule has 0 spiro atoms. The number of rotatable bonds is 2. The van der Waals surface area contributed by atoms with Gasteiger partial charge in [-0.3, -0.25) is 0 Å². The van der Waals surface area contributed by atoms with E-state index in [1.54, 1.807) is 0 Å². The third-order valence-electron chi connectivity index (χ3n) is 4.00. The topological polar surface area (TPSA) is 24.7 Å². The van der Waals surface area contributed by atoms with Crippen LogP contribution >= 0.6 is 11.8 Å². The number of thioether (sulfide) groups is 1. The van der Waals surface area contributed by atoms with Crippen molar-refractivity contribution in [2.45, 2.75) is 49.3 Å². The molecule has 2 aliphatic carbocycles. The predicted molar refractivity (Wildman–Crippen MR) is 73.0 cm³/mol. The average molecular weight is 248 g/mol. The van der Waals surface area contributed by atoms with Crippen molar-refractivity contribution in [3.8, 4) is 0 Å². The molecule has 3 aliphatic rings. The van der Waals surface area contributed by atoms with Gasteiger partial charge in [-0.15, -0.1) is 11.8 Å². The van der Waals surface area contributed by atoms with E-state index in [0.717, 1.165) is 11.8 Å². The zero-order valence-corrected chi connectivity index (χ0v) is 11.0. The highest BCUT2D eigenvalue weighted by Gasteiger charge is 2.33. The van der Waals surface area contributed by atoms with Gasteiger partial charge in [0.1, 0.15) is 10.7 Å². The molecular weight excluding hydrogens is 228 g/mol. The number of hydrogen-bond donors (Lipinski definition) is 0. The Labute approximate surface area is 108 Å². The van der Waals surface area contributed by atoms with E-state index in [0.29, 0.717) is 10.7 Å². The molecule has 1 aliphatic heterocycles. The maximum Gasteiger partial charge on any atom is 0.121 e. The second kappa shape index (κ2) is 5.38. The van der Waals surface area contributed by atoms with Gasteiger partial charge in [-0.1, -0.05) is 24.3 Å². The fourth-order valence-electron chi connectivity index (χ4n) is 2.89. The van der Waals surface area contributed by atoms with Gasteiger partial charge in [-0.05, 0) is 50.4 Å². The molecule has 2 unspecified atom stereocenters. The van der Waals surface area contributed by atoms with Gasteiger partial charge in [-0.25, -0.2) is 0 Å². The van der Waals surface area contributed by atoms with Crippen LogP contribution in [0, 0.1) is 11.8 Å². The van der Waals surface area contributed by atoms with E-state index in [-0.39, 0.29) is 0 Å². The van der Waals surface area contributed by atoms with Crippen LogP contribution in [-0.2, 0) is 0 Å². The van der Waals surface area contributed by atoms with Gasteiger partial charge >= 0.3 is 0 Å². The fraction of sp³-hybridized carbons (Fsp3) is 0.714. The Morgan fingerprint density at radius 3 is 1.71 bits per heavy atom. The van der Waals surface area contributed by atoms with Crippen molar-refractivity contribution >= 4 is 11.8 Å². The predicted octanol–water partition coefficient (Wildman–Crippen LogP) is 4.55. The Morgan fingerprint density at radius 1 is 0.765 bits per heavy atom. The van der Waals surface area contributed by atoms with Gasteiger partial charge in [0, 0.05) is 0 Å². The maximum absolute atomic E-state index is 4.55. The first-order valence-corrected chi connectivity index (χ1v) is 7.73. The highest BCUT2D eigenvalue weighted by Crippen LogP contribution is 2.43. The Kier molecular flexibility index (Phi) is 3.65. The fourth-order valence-corrected chi connectivity index (χ4v) is 4.33. The Morgan fingerprint density at radius 2 is 1.29 bits per heavy atom. The summed E-state index contributed by atoms with van der Waals surface area (Å²) in [4.78, 5) is 0. The van der Waals surface area contributed by atoms with Crippen molar-refractivity contribution < 1.29 is 0 Å². The summed E-state index contributed by atoms with van der Waals surface area (Å²) in [6.45, 7) is 0. The van der Waals surface area contributed by atoms with Gasteiger partial charge in [-0.2, -0.15) is 10.2 Å². The molecule has 3 rings (SSSR count). The Hall–Kier alpha value is -0.570. The van der Waals surface area contributed by atoms with E-state index in [4.69, 9.17) is 0 Å². The van der Waals surface area contributed by atoms with Crippen LogP contribution in [0.25, 0.3) is 0 Å². The zero-order chi connectivity index (χ0) is 11.5. The number of nitrogens with zero attached hydrogens (tertiary/aromatic N) is 2. The first-order valence-electron chi connectivity index (χ1n) is 6.79. The van der Waals surface area contributed by atoms with Crippen molar-refractivity contribution in [1.82, 2.24) is 0 Å². The van der Waals surface area contributed by atoms with E-state index < -0.39 is 0 Å². The molecule has 0 aromatic carbocycles. The molecule has 0 aromatic heterocycles. The number of azo groups is 1. The molecule has 0 fully saturated rings. The highest BCUT2D eigenvalue weighted by molar-refractivity contribution is 8.00. The lowest BCUT2D eigenvalue weighted by molar-refractivity contribution is 0.454. The summed E-state index contributed by atoms with van der Waals surface area (Å²) >= 11 is 2.02. The first-order chi connectivity index (χ1) is 8.43. The van der Waals surface area contributed by atoms with Crippen LogP contribution in [0.3, 0.4) is 0 Å². The molecular formula is C14H20N2S.